The van der Waals surface area contributed by atoms with Gasteiger partial charge in [0.05, 0.1) is 45.1 Å². The van der Waals surface area contributed by atoms with Crippen LogP contribution in [0, 0.1) is 11.3 Å². The summed E-state index contributed by atoms with van der Waals surface area (Å²) < 4.78 is 66.3. The van der Waals surface area contributed by atoms with E-state index >= 15 is 0 Å². The van der Waals surface area contributed by atoms with Gasteiger partial charge < -0.3 is 15.0 Å². The number of benzene rings is 2. The number of sulfone groups is 1. The van der Waals surface area contributed by atoms with Crippen LogP contribution in [0.25, 0.3) is 0 Å². The van der Waals surface area contributed by atoms with Crippen molar-refractivity contribution in [3.8, 4) is 11.9 Å². The molecule has 1 unspecified atom stereocenters. The zero-order valence-corrected chi connectivity index (χ0v) is 19.3. The van der Waals surface area contributed by atoms with E-state index in [1.165, 1.54) is 35.0 Å². The molecule has 1 aromatic heterocycles. The molecule has 2 N–H and O–H groups in total. The van der Waals surface area contributed by atoms with Crippen LogP contribution in [0.2, 0.25) is 0 Å². The number of aromatic hydroxyl groups is 1. The molecule has 1 atom stereocenters. The van der Waals surface area contributed by atoms with E-state index in [0.717, 1.165) is 29.4 Å². The van der Waals surface area contributed by atoms with E-state index in [2.05, 4.69) is 5.32 Å². The number of carbonyl (C=O) groups is 1. The predicted molar refractivity (Wildman–Crippen MR) is 120 cm³/mol. The van der Waals surface area contributed by atoms with Gasteiger partial charge >= 0.3 is 12.2 Å². The Labute approximate surface area is 198 Å². The van der Waals surface area contributed by atoms with Gasteiger partial charge in [0, 0.05) is 19.0 Å². The lowest BCUT2D eigenvalue weighted by atomic mass is 9.96. The number of anilines is 2. The molecule has 0 saturated carbocycles. The van der Waals surface area contributed by atoms with Crippen molar-refractivity contribution in [2.75, 3.05) is 11.2 Å². The van der Waals surface area contributed by atoms with Crippen LogP contribution in [0.5, 0.6) is 5.88 Å². The average Bonchev–Trinajstić information content (AvgIpc) is 3.13. The molecule has 182 valence electrons. The van der Waals surface area contributed by atoms with Crippen molar-refractivity contribution in [1.29, 1.82) is 5.26 Å². The molecule has 1 aliphatic heterocycles. The highest BCUT2D eigenvalue weighted by Crippen LogP contribution is 2.46. The van der Waals surface area contributed by atoms with Gasteiger partial charge in [0.1, 0.15) is 0 Å². The summed E-state index contributed by atoms with van der Waals surface area (Å²) in [7, 11) is -3.86. The van der Waals surface area contributed by atoms with E-state index in [9.17, 15) is 36.8 Å². The topological polar surface area (TPSA) is 115 Å². The number of nitrogens with zero attached hydrogens (tertiary/aromatic N) is 3. The van der Waals surface area contributed by atoms with E-state index in [4.69, 9.17) is 0 Å². The van der Waals surface area contributed by atoms with Crippen LogP contribution in [-0.2, 0) is 22.6 Å². The van der Waals surface area contributed by atoms with Gasteiger partial charge in [-0.05, 0) is 42.8 Å². The second kappa shape index (κ2) is 8.35. The third-order valence-corrected chi connectivity index (χ3v) is 6.85. The quantitative estimate of drug-likeness (QED) is 0.545. The summed E-state index contributed by atoms with van der Waals surface area (Å²) in [6, 6.07) is 7.98. The number of urea groups is 1. The van der Waals surface area contributed by atoms with Gasteiger partial charge in [0.15, 0.2) is 15.7 Å². The number of aromatic nitrogens is 1. The van der Waals surface area contributed by atoms with Gasteiger partial charge in [-0.3, -0.25) is 4.90 Å². The number of rotatable bonds is 4. The number of nitriles is 1. The van der Waals surface area contributed by atoms with Gasteiger partial charge in [-0.1, -0.05) is 12.1 Å². The van der Waals surface area contributed by atoms with E-state index in [1.54, 1.807) is 6.92 Å². The van der Waals surface area contributed by atoms with Crippen LogP contribution >= 0.6 is 0 Å². The Kier molecular flexibility index (Phi) is 5.76. The maximum Gasteiger partial charge on any atom is 0.416 e. The number of hydrogen-bond donors (Lipinski definition) is 2. The maximum absolute atomic E-state index is 13.3. The predicted octanol–water partition coefficient (Wildman–Crippen LogP) is 4.46. The standard InChI is InChI=1S/C23H19F3N4O4S/c1-3-29-12-17-19(21(29)31)20(16-8-7-13(11-27)9-18(16)35(2,33)34)28-22(32)30(17)15-6-4-5-14(10-15)23(24,25)26/h4-10,12,20,31H,3H2,1-2H3,(H,28,32). The summed E-state index contributed by atoms with van der Waals surface area (Å²) in [6.07, 6.45) is -2.27. The van der Waals surface area contributed by atoms with Crippen molar-refractivity contribution in [3.63, 3.8) is 0 Å². The van der Waals surface area contributed by atoms with Crippen molar-refractivity contribution in [3.05, 3.63) is 70.9 Å². The van der Waals surface area contributed by atoms with E-state index in [0.29, 0.717) is 0 Å². The molecular formula is C23H19F3N4O4S. The first-order valence-corrected chi connectivity index (χ1v) is 12.2. The third-order valence-electron chi connectivity index (χ3n) is 5.69. The fraction of sp³-hybridized carbons (Fsp3) is 0.217. The minimum Gasteiger partial charge on any atom is -0.494 e. The maximum atomic E-state index is 13.3. The normalized spacial score (nSPS) is 15.9. The molecule has 35 heavy (non-hydrogen) atoms. The number of fused-ring (bicyclic) bond motifs is 1. The molecule has 4 rings (SSSR count). The first kappa shape index (κ1) is 24.2. The largest absolute Gasteiger partial charge is 0.494 e. The Morgan fingerprint density at radius 1 is 1.20 bits per heavy atom. The Morgan fingerprint density at radius 3 is 2.51 bits per heavy atom. The lowest BCUT2D eigenvalue weighted by molar-refractivity contribution is -0.137. The molecule has 0 radical (unpaired) electrons. The first-order chi connectivity index (χ1) is 16.4. The summed E-state index contributed by atoms with van der Waals surface area (Å²) >= 11 is 0. The molecular weight excluding hydrogens is 485 g/mol. The summed E-state index contributed by atoms with van der Waals surface area (Å²) in [4.78, 5) is 14.0. The van der Waals surface area contributed by atoms with Gasteiger partial charge in [0.2, 0.25) is 0 Å². The summed E-state index contributed by atoms with van der Waals surface area (Å²) in [6.45, 7) is 1.98. The molecule has 8 nitrogen and oxygen atoms in total. The summed E-state index contributed by atoms with van der Waals surface area (Å²) in [5.41, 5.74) is -0.656. The number of nitrogens with one attached hydrogen (secondary N) is 1. The van der Waals surface area contributed by atoms with Crippen LogP contribution < -0.4 is 10.2 Å². The highest BCUT2D eigenvalue weighted by molar-refractivity contribution is 7.90. The molecule has 2 aromatic carbocycles. The average molecular weight is 504 g/mol. The number of amides is 2. The lowest BCUT2D eigenvalue weighted by Crippen LogP contribution is -2.44. The van der Waals surface area contributed by atoms with Crippen molar-refractivity contribution < 1.29 is 31.5 Å². The Hall–Kier alpha value is -3.98. The smallest absolute Gasteiger partial charge is 0.416 e. The van der Waals surface area contributed by atoms with Crippen LogP contribution in [0.15, 0.2) is 53.6 Å². The minimum atomic E-state index is -4.64. The molecule has 0 spiro atoms. The monoisotopic (exact) mass is 504 g/mol. The van der Waals surface area contributed by atoms with Gasteiger partial charge in [-0.15, -0.1) is 0 Å². The van der Waals surface area contributed by atoms with Gasteiger partial charge in [-0.2, -0.15) is 18.4 Å². The van der Waals surface area contributed by atoms with Crippen molar-refractivity contribution in [1.82, 2.24) is 9.88 Å². The molecule has 0 bridgehead atoms. The SMILES string of the molecule is CCn1cc2c(c1O)C(c1ccc(C#N)cc1S(C)(=O)=O)NC(=O)N2c1cccc(C(F)(F)F)c1. The van der Waals surface area contributed by atoms with Crippen LogP contribution in [0.4, 0.5) is 29.3 Å². The zero-order valence-electron chi connectivity index (χ0n) is 18.5. The fourth-order valence-electron chi connectivity index (χ4n) is 4.09. The molecule has 3 aromatic rings. The number of aryl methyl sites for hydroxylation is 1. The molecule has 2 amide bonds. The van der Waals surface area contributed by atoms with Crippen molar-refractivity contribution in [2.45, 2.75) is 30.6 Å². The first-order valence-electron chi connectivity index (χ1n) is 10.3. The molecule has 1 aliphatic rings. The third kappa shape index (κ3) is 4.19. The fourth-order valence-corrected chi connectivity index (χ4v) is 5.04. The molecule has 2 heterocycles. The summed E-state index contributed by atoms with van der Waals surface area (Å²) in [5.74, 6) is -0.284. The Bertz CT molecular complexity index is 1490. The zero-order chi connectivity index (χ0) is 25.7. The van der Waals surface area contributed by atoms with Crippen LogP contribution in [-0.4, -0.2) is 30.4 Å². The highest BCUT2D eigenvalue weighted by Gasteiger charge is 2.40. The molecule has 12 heteroatoms. The number of hydrogen-bond acceptors (Lipinski definition) is 5. The second-order valence-electron chi connectivity index (χ2n) is 7.94. The van der Waals surface area contributed by atoms with Crippen molar-refractivity contribution in [2.24, 2.45) is 0 Å². The number of carbonyl (C=O) groups excluding carboxylic acids is 1. The molecule has 0 saturated heterocycles. The van der Waals surface area contributed by atoms with Gasteiger partial charge in [0.25, 0.3) is 0 Å². The Balaban J connectivity index is 1.96. The second-order valence-corrected chi connectivity index (χ2v) is 9.92. The molecule has 0 fully saturated rings. The summed E-state index contributed by atoms with van der Waals surface area (Å²) in [5, 5.41) is 22.8. The van der Waals surface area contributed by atoms with E-state index < -0.39 is 33.6 Å². The van der Waals surface area contributed by atoms with Crippen LogP contribution in [0.3, 0.4) is 0 Å². The number of alkyl halides is 3. The van der Waals surface area contributed by atoms with Crippen molar-refractivity contribution >= 4 is 27.2 Å². The van der Waals surface area contributed by atoms with Crippen LogP contribution in [0.1, 0.15) is 35.2 Å². The lowest BCUT2D eigenvalue weighted by Gasteiger charge is -2.34. The number of halogens is 3. The van der Waals surface area contributed by atoms with E-state index in [-0.39, 0.29) is 45.4 Å². The highest BCUT2D eigenvalue weighted by atomic mass is 32.2. The molecule has 0 aliphatic carbocycles. The Morgan fingerprint density at radius 2 is 1.91 bits per heavy atom. The van der Waals surface area contributed by atoms with Gasteiger partial charge in [-0.25, -0.2) is 13.2 Å². The minimum absolute atomic E-state index is 0.0810. The van der Waals surface area contributed by atoms with E-state index in [1.807, 2.05) is 6.07 Å².